The predicted molar refractivity (Wildman–Crippen MR) is 321 cm³/mol. The molecule has 0 spiro atoms. The van der Waals surface area contributed by atoms with Crippen LogP contribution < -0.4 is 39.5 Å². The molecule has 13 nitrogen and oxygen atoms in total. The van der Waals surface area contributed by atoms with Gasteiger partial charge in [-0.3, -0.25) is 14.9 Å². The number of benzene rings is 6. The molecule has 9 aromatic rings. The van der Waals surface area contributed by atoms with Crippen molar-refractivity contribution in [3.8, 4) is 35.3 Å². The van der Waals surface area contributed by atoms with Crippen molar-refractivity contribution in [1.29, 1.82) is 0 Å². The highest BCUT2D eigenvalue weighted by molar-refractivity contribution is 9.10. The number of nitrogens with one attached hydrogen (secondary N) is 1. The number of aromatic nitrogens is 3. The molecule has 10 rings (SSSR count). The number of nitrogens with two attached hydrogens (primary N) is 1. The van der Waals surface area contributed by atoms with Crippen LogP contribution in [0.2, 0.25) is 0 Å². The van der Waals surface area contributed by atoms with Crippen molar-refractivity contribution in [2.75, 3.05) is 7.05 Å². The molecule has 1 atom stereocenters. The summed E-state index contributed by atoms with van der Waals surface area (Å²) in [5, 5.41) is 2.30. The molecule has 14 heteroatoms. The van der Waals surface area contributed by atoms with Crippen molar-refractivity contribution in [2.45, 2.75) is 79.2 Å². The van der Waals surface area contributed by atoms with E-state index in [9.17, 15) is 9.59 Å². The molecule has 0 saturated carbocycles. The Morgan fingerprint density at radius 2 is 0.753 bits per heavy atom. The van der Waals surface area contributed by atoms with Gasteiger partial charge in [-0.25, -0.2) is 0 Å². The summed E-state index contributed by atoms with van der Waals surface area (Å²) in [7, 11) is 1.50. The lowest BCUT2D eigenvalue weighted by Gasteiger charge is -2.18. The maximum absolute atomic E-state index is 10.9. The average molecular weight is 1150 g/mol. The molecule has 1 fully saturated rings. The normalized spacial score (nSPS) is 12.1. The summed E-state index contributed by atoms with van der Waals surface area (Å²) in [6.07, 6.45) is 2.93. The number of halogens is 1. The van der Waals surface area contributed by atoms with Crippen molar-refractivity contribution in [1.82, 2.24) is 20.3 Å². The second kappa shape index (κ2) is 35.6. The first-order valence-corrected chi connectivity index (χ1v) is 27.6. The zero-order chi connectivity index (χ0) is 57.1. The summed E-state index contributed by atoms with van der Waals surface area (Å²) in [6, 6.07) is 73.4. The third-order valence-corrected chi connectivity index (χ3v) is 12.6. The van der Waals surface area contributed by atoms with Crippen molar-refractivity contribution in [3.63, 3.8) is 0 Å². The molecule has 3 aromatic heterocycles. The standard InChI is InChI=1S/C21H21NO2.C19H16BrNO2.C19H17NO2.C7H11NO2.CH5N/c1-2-19-13-14-20(23-15-17-9-5-3-6-10-17)22-21(19)24-16-18-11-7-4-8-12-18;20-17-11-12-18(22-13-15-7-3-1-4-8-15)21-19(17)23-14-16-9-5-2-6-10-16;1-3-8-16(9-4-1)14-21-18-12-7-13-19(20-18)22-15-17-10-5-2-6-11-17;1-2-5-3-4-6(9)8-7(5)10;1-2/h3-14H,2,15-16H2,1H3;1-12H,13-14H2;1-13H,14-15H2;5H,2-4H2,1H3,(H,8,9,10);2H2,1H3. The highest BCUT2D eigenvalue weighted by Gasteiger charge is 2.24. The maximum Gasteiger partial charge on any atom is 0.231 e. The molecule has 1 aliphatic heterocycles. The number of piperidine rings is 1. The fraction of sp³-hybridized carbons (Fsp3) is 0.209. The summed E-state index contributed by atoms with van der Waals surface area (Å²) in [4.78, 5) is 34.8. The van der Waals surface area contributed by atoms with Gasteiger partial charge in [0.15, 0.2) is 0 Å². The number of ether oxygens (including phenoxy) is 6. The molecule has 1 aliphatic rings. The largest absolute Gasteiger partial charge is 0.473 e. The van der Waals surface area contributed by atoms with Crippen LogP contribution in [0.15, 0.2) is 229 Å². The summed E-state index contributed by atoms with van der Waals surface area (Å²) in [5.74, 6) is 3.26. The average Bonchev–Trinajstić information content (AvgIpc) is 3.53. The molecule has 4 heterocycles. The molecule has 1 unspecified atom stereocenters. The van der Waals surface area contributed by atoms with Gasteiger partial charge in [0, 0.05) is 42.2 Å². The molecule has 0 radical (unpaired) electrons. The lowest BCUT2D eigenvalue weighted by Crippen LogP contribution is -2.40. The molecule has 1 saturated heterocycles. The van der Waals surface area contributed by atoms with E-state index in [0.29, 0.717) is 81.3 Å². The van der Waals surface area contributed by atoms with E-state index >= 15 is 0 Å². The summed E-state index contributed by atoms with van der Waals surface area (Å²) >= 11 is 3.46. The first-order valence-electron chi connectivity index (χ1n) is 26.9. The van der Waals surface area contributed by atoms with Crippen LogP contribution in [-0.2, 0) is 55.7 Å². The van der Waals surface area contributed by atoms with Gasteiger partial charge in [-0.05, 0) is 87.8 Å². The highest BCUT2D eigenvalue weighted by atomic mass is 79.9. The van der Waals surface area contributed by atoms with E-state index in [1.807, 2.05) is 231 Å². The minimum absolute atomic E-state index is 0.0673. The molecule has 3 N–H and O–H groups in total. The minimum Gasteiger partial charge on any atom is -0.473 e. The van der Waals surface area contributed by atoms with Gasteiger partial charge in [-0.15, -0.1) is 0 Å². The molecule has 6 aromatic carbocycles. The molecule has 81 heavy (non-hydrogen) atoms. The zero-order valence-electron chi connectivity index (χ0n) is 46.1. The van der Waals surface area contributed by atoms with Crippen LogP contribution in [0.4, 0.5) is 0 Å². The number of carbonyl (C=O) groups excluding carboxylic acids is 2. The fourth-order valence-electron chi connectivity index (χ4n) is 7.58. The number of hydrogen-bond donors (Lipinski definition) is 2. The minimum atomic E-state index is -0.130. The van der Waals surface area contributed by atoms with Gasteiger partial charge < -0.3 is 34.2 Å². The first kappa shape index (κ1) is 61.4. The lowest BCUT2D eigenvalue weighted by molar-refractivity contribution is -0.136. The van der Waals surface area contributed by atoms with Crippen molar-refractivity contribution >= 4 is 27.7 Å². The highest BCUT2D eigenvalue weighted by Crippen LogP contribution is 2.27. The summed E-state index contributed by atoms with van der Waals surface area (Å²) < 4.78 is 35.4. The Balaban J connectivity index is 0.000000178. The van der Waals surface area contributed by atoms with Crippen LogP contribution in [0, 0.1) is 5.92 Å². The first-order chi connectivity index (χ1) is 39.8. The Morgan fingerprint density at radius 3 is 1.11 bits per heavy atom. The molecule has 0 aliphatic carbocycles. The number of amides is 2. The number of hydrogen-bond acceptors (Lipinski definition) is 12. The van der Waals surface area contributed by atoms with E-state index < -0.39 is 0 Å². The predicted octanol–water partition coefficient (Wildman–Crippen LogP) is 14.1. The van der Waals surface area contributed by atoms with Crippen LogP contribution in [0.25, 0.3) is 0 Å². The van der Waals surface area contributed by atoms with Gasteiger partial charge in [0.1, 0.15) is 39.6 Å². The number of nitrogens with zero attached hydrogens (tertiary/aromatic N) is 3. The number of rotatable bonds is 20. The quantitative estimate of drug-likeness (QED) is 0.0695. The molecular weight excluding hydrogens is 1080 g/mol. The van der Waals surface area contributed by atoms with Gasteiger partial charge in [-0.2, -0.15) is 15.0 Å². The Hall–Kier alpha value is -8.85. The van der Waals surface area contributed by atoms with E-state index in [4.69, 9.17) is 28.4 Å². The summed E-state index contributed by atoms with van der Waals surface area (Å²) in [6.45, 7) is 6.99. The Labute approximate surface area is 484 Å². The van der Waals surface area contributed by atoms with E-state index in [0.717, 1.165) is 62.7 Å². The van der Waals surface area contributed by atoms with Gasteiger partial charge >= 0.3 is 0 Å². The van der Waals surface area contributed by atoms with Crippen molar-refractivity contribution in [3.05, 3.63) is 268 Å². The van der Waals surface area contributed by atoms with Crippen LogP contribution in [0.1, 0.15) is 72.1 Å². The number of imide groups is 1. The van der Waals surface area contributed by atoms with Crippen LogP contribution >= 0.6 is 15.9 Å². The van der Waals surface area contributed by atoms with Gasteiger partial charge in [0.2, 0.25) is 47.1 Å². The maximum atomic E-state index is 10.9. The van der Waals surface area contributed by atoms with E-state index in [2.05, 4.69) is 48.9 Å². The summed E-state index contributed by atoms with van der Waals surface area (Å²) in [5.41, 5.74) is 12.2. The van der Waals surface area contributed by atoms with Crippen LogP contribution in [0.5, 0.6) is 35.3 Å². The van der Waals surface area contributed by atoms with Gasteiger partial charge in [0.05, 0.1) is 4.47 Å². The fourth-order valence-corrected chi connectivity index (χ4v) is 7.91. The van der Waals surface area contributed by atoms with E-state index in [-0.39, 0.29) is 17.7 Å². The number of pyridine rings is 3. The number of aryl methyl sites for hydroxylation is 1. The molecule has 2 amide bonds. The number of carbonyl (C=O) groups is 2. The van der Waals surface area contributed by atoms with Gasteiger partial charge in [0.25, 0.3) is 0 Å². The zero-order valence-corrected chi connectivity index (χ0v) is 47.7. The van der Waals surface area contributed by atoms with Crippen LogP contribution in [0.3, 0.4) is 0 Å². The Kier molecular flexibility index (Phi) is 27.0. The Bertz CT molecular complexity index is 3130. The van der Waals surface area contributed by atoms with Crippen molar-refractivity contribution in [2.24, 2.45) is 11.7 Å². The lowest BCUT2D eigenvalue weighted by atomic mass is 9.96. The molecule has 0 bridgehead atoms. The molecule has 418 valence electrons. The topological polar surface area (TPSA) is 166 Å². The second-order valence-corrected chi connectivity index (χ2v) is 18.8. The van der Waals surface area contributed by atoms with Crippen LogP contribution in [-0.4, -0.2) is 33.8 Å². The third kappa shape index (κ3) is 22.8. The SMILES string of the molecule is Brc1ccc(OCc2ccccc2)nc1OCc1ccccc1.CCC1CCC(=O)NC1=O.CCc1ccc(OCc2ccccc2)nc1OCc1ccccc1.CN.c1ccc(COc2cccc(OCc3ccccc3)n2)cc1. The van der Waals surface area contributed by atoms with Crippen molar-refractivity contribution < 1.29 is 38.0 Å². The molecular formula is C67H70BrN5O8. The Morgan fingerprint density at radius 1 is 0.420 bits per heavy atom. The van der Waals surface area contributed by atoms with Gasteiger partial charge in [-0.1, -0.05) is 202 Å². The smallest absolute Gasteiger partial charge is 0.231 e. The van der Waals surface area contributed by atoms with E-state index in [1.54, 1.807) is 0 Å². The monoisotopic (exact) mass is 1150 g/mol. The second-order valence-electron chi connectivity index (χ2n) is 17.9. The third-order valence-electron chi connectivity index (χ3n) is 12.0. The van der Waals surface area contributed by atoms with E-state index in [1.165, 1.54) is 7.05 Å².